The molecule has 4 heterocycles. The van der Waals surface area contributed by atoms with Gasteiger partial charge in [0.25, 0.3) is 5.56 Å². The van der Waals surface area contributed by atoms with Crippen molar-refractivity contribution in [2.24, 2.45) is 0 Å². The zero-order valence-corrected chi connectivity index (χ0v) is 15.7. The average molecular weight is 403 g/mol. The Morgan fingerprint density at radius 3 is 3.12 bits per heavy atom. The molecule has 142 valence electrons. The molecule has 2 aliphatic rings. The van der Waals surface area contributed by atoms with Gasteiger partial charge in [-0.3, -0.25) is 18.9 Å². The predicted octanol–water partition coefficient (Wildman–Crippen LogP) is 0.0266. The lowest BCUT2D eigenvalue weighted by Gasteiger charge is -2.31. The number of anilines is 1. The Labute approximate surface area is 152 Å². The number of nitrogens with two attached hydrogens (primary N) is 1. The van der Waals surface area contributed by atoms with Crippen molar-refractivity contribution in [3.63, 3.8) is 0 Å². The van der Waals surface area contributed by atoms with E-state index in [4.69, 9.17) is 36.1 Å². The van der Waals surface area contributed by atoms with Crippen LogP contribution in [0.3, 0.4) is 0 Å². The van der Waals surface area contributed by atoms with Crippen LogP contribution in [0.2, 0.25) is 0 Å². The summed E-state index contributed by atoms with van der Waals surface area (Å²) in [5.74, 6) is -0.0310. The molecule has 0 saturated carbocycles. The van der Waals surface area contributed by atoms with Crippen molar-refractivity contribution < 1.29 is 23.4 Å². The quantitative estimate of drug-likeness (QED) is 0.584. The maximum Gasteiger partial charge on any atom is 0.324 e. The maximum atomic E-state index is 12.0. The molecule has 0 aromatic carbocycles. The fourth-order valence-corrected chi connectivity index (χ4v) is 4.38. The number of fused-ring (bicyclic) bond motifs is 3. The lowest BCUT2D eigenvalue weighted by Crippen LogP contribution is -2.40. The first kappa shape index (κ1) is 18.0. The third-order valence-corrected chi connectivity index (χ3v) is 6.43. The van der Waals surface area contributed by atoms with E-state index in [-0.39, 0.29) is 23.7 Å². The van der Waals surface area contributed by atoms with Crippen LogP contribution in [-0.2, 0) is 30.3 Å². The van der Waals surface area contributed by atoms with Gasteiger partial charge in [0.2, 0.25) is 5.95 Å². The topological polar surface area (TPSA) is 147 Å². The molecular weight excluding hydrogens is 385 g/mol. The van der Waals surface area contributed by atoms with Crippen molar-refractivity contribution in [3.05, 3.63) is 16.7 Å². The second-order valence-electron chi connectivity index (χ2n) is 6.15. The van der Waals surface area contributed by atoms with Crippen molar-refractivity contribution in [2.45, 2.75) is 37.4 Å². The Morgan fingerprint density at radius 2 is 2.42 bits per heavy atom. The van der Waals surface area contributed by atoms with Crippen LogP contribution in [0.1, 0.15) is 19.6 Å². The summed E-state index contributed by atoms with van der Waals surface area (Å²) in [6.07, 6.45) is 0.114. The standard InChI is InChI=1S/C13H18N5O6PS/c1-3-13-4-22-7(8(13)24-25(20,26)21-2)11(23-13)18-5-15-6-9(18)16-12(14)17-10(6)19/h5,7-8,11H,3-4H2,1-2H3,(H,20,26)(H3,14,16,17,19)/t7-,8?,11?,13-,25?/m0/s1. The predicted molar refractivity (Wildman–Crippen MR) is 93.8 cm³/mol. The van der Waals surface area contributed by atoms with Crippen LogP contribution in [-0.4, -0.2) is 55.9 Å². The van der Waals surface area contributed by atoms with Crippen LogP contribution in [0.15, 0.2) is 11.1 Å². The van der Waals surface area contributed by atoms with E-state index in [9.17, 15) is 9.69 Å². The zero-order chi connectivity index (χ0) is 18.7. The number of aromatic nitrogens is 4. The normalized spacial score (nSPS) is 33.0. The molecule has 4 rings (SSSR count). The summed E-state index contributed by atoms with van der Waals surface area (Å²) in [6, 6.07) is 0. The van der Waals surface area contributed by atoms with Gasteiger partial charge in [-0.15, -0.1) is 0 Å². The van der Waals surface area contributed by atoms with E-state index < -0.39 is 36.3 Å². The molecule has 0 radical (unpaired) electrons. The van der Waals surface area contributed by atoms with E-state index in [0.717, 1.165) is 0 Å². The maximum absolute atomic E-state index is 12.0. The molecule has 2 saturated heterocycles. The molecule has 2 fully saturated rings. The number of imidazole rings is 1. The van der Waals surface area contributed by atoms with Crippen molar-refractivity contribution in [1.29, 1.82) is 0 Å². The first-order chi connectivity index (χ1) is 12.3. The molecule has 13 heteroatoms. The van der Waals surface area contributed by atoms with Crippen LogP contribution in [0.4, 0.5) is 5.95 Å². The Kier molecular flexibility index (Phi) is 4.19. The monoisotopic (exact) mass is 403 g/mol. The van der Waals surface area contributed by atoms with Crippen molar-refractivity contribution in [1.82, 2.24) is 19.5 Å². The number of rotatable bonds is 5. The Bertz CT molecular complexity index is 964. The van der Waals surface area contributed by atoms with Gasteiger partial charge in [-0.05, 0) is 18.2 Å². The molecule has 0 aliphatic carbocycles. The van der Waals surface area contributed by atoms with Gasteiger partial charge in [-0.2, -0.15) is 4.98 Å². The van der Waals surface area contributed by atoms with E-state index in [1.54, 1.807) is 4.57 Å². The van der Waals surface area contributed by atoms with Gasteiger partial charge >= 0.3 is 6.72 Å². The summed E-state index contributed by atoms with van der Waals surface area (Å²) in [4.78, 5) is 32.7. The Hall–Kier alpha value is -1.40. The molecule has 2 aromatic heterocycles. The second kappa shape index (κ2) is 6.06. The van der Waals surface area contributed by atoms with Gasteiger partial charge in [0.05, 0.1) is 12.9 Å². The van der Waals surface area contributed by atoms with Gasteiger partial charge in [0.1, 0.15) is 17.8 Å². The van der Waals surface area contributed by atoms with Gasteiger partial charge in [0.15, 0.2) is 17.4 Å². The molecule has 2 aliphatic heterocycles. The summed E-state index contributed by atoms with van der Waals surface area (Å²) in [5, 5.41) is 0. The van der Waals surface area contributed by atoms with Crippen LogP contribution >= 0.6 is 6.72 Å². The Balaban J connectivity index is 1.76. The van der Waals surface area contributed by atoms with Gasteiger partial charge < -0.3 is 24.6 Å². The van der Waals surface area contributed by atoms with E-state index in [1.807, 2.05) is 6.92 Å². The minimum Gasteiger partial charge on any atom is -0.369 e. The summed E-state index contributed by atoms with van der Waals surface area (Å²) in [6.45, 7) is -1.21. The molecule has 26 heavy (non-hydrogen) atoms. The van der Waals surface area contributed by atoms with Crippen LogP contribution in [0.5, 0.6) is 0 Å². The zero-order valence-electron chi connectivity index (χ0n) is 14.0. The smallest absolute Gasteiger partial charge is 0.324 e. The van der Waals surface area contributed by atoms with E-state index >= 15 is 0 Å². The van der Waals surface area contributed by atoms with Gasteiger partial charge in [0, 0.05) is 7.11 Å². The Morgan fingerprint density at radius 1 is 1.65 bits per heavy atom. The molecule has 0 spiro atoms. The number of aromatic amines is 1. The minimum atomic E-state index is -3.42. The van der Waals surface area contributed by atoms with E-state index in [0.29, 0.717) is 6.42 Å². The van der Waals surface area contributed by atoms with Crippen LogP contribution in [0.25, 0.3) is 11.2 Å². The summed E-state index contributed by atoms with van der Waals surface area (Å²) >= 11 is 4.98. The van der Waals surface area contributed by atoms with Crippen molar-refractivity contribution in [2.75, 3.05) is 19.5 Å². The first-order valence-electron chi connectivity index (χ1n) is 7.89. The molecule has 2 aromatic rings. The summed E-state index contributed by atoms with van der Waals surface area (Å²) < 4.78 is 24.2. The highest BCUT2D eigenvalue weighted by Crippen LogP contribution is 2.55. The number of ether oxygens (including phenoxy) is 2. The number of H-pyrrole nitrogens is 1. The molecule has 11 nitrogen and oxygen atoms in total. The average Bonchev–Trinajstić information content (AvgIpc) is 3.25. The molecule has 2 bridgehead atoms. The number of nitrogens with zero attached hydrogens (tertiary/aromatic N) is 3. The van der Waals surface area contributed by atoms with Gasteiger partial charge in [-0.25, -0.2) is 4.98 Å². The molecule has 0 amide bonds. The number of hydrogen-bond acceptors (Lipinski definition) is 9. The largest absolute Gasteiger partial charge is 0.369 e. The van der Waals surface area contributed by atoms with E-state index in [1.165, 1.54) is 13.4 Å². The number of nitrogens with one attached hydrogen (secondary N) is 1. The van der Waals surface area contributed by atoms with Crippen molar-refractivity contribution in [3.8, 4) is 0 Å². The number of hydrogen-bond donors (Lipinski definition) is 3. The van der Waals surface area contributed by atoms with Crippen LogP contribution < -0.4 is 11.3 Å². The van der Waals surface area contributed by atoms with Crippen molar-refractivity contribution >= 4 is 35.6 Å². The first-order valence-corrected chi connectivity index (χ1v) is 10.5. The fraction of sp³-hybridized carbons (Fsp3) is 0.615. The molecule has 3 unspecified atom stereocenters. The van der Waals surface area contributed by atoms with E-state index in [2.05, 4.69) is 15.0 Å². The third kappa shape index (κ3) is 2.61. The molecule has 4 N–H and O–H groups in total. The molecular formula is C13H18N5O6PS. The lowest BCUT2D eigenvalue weighted by atomic mass is 9.96. The van der Waals surface area contributed by atoms with Crippen LogP contribution in [0, 0.1) is 0 Å². The van der Waals surface area contributed by atoms with Gasteiger partial charge in [-0.1, -0.05) is 6.92 Å². The highest BCUT2D eigenvalue weighted by atomic mass is 32.5. The highest BCUT2D eigenvalue weighted by Gasteiger charge is 2.63. The summed E-state index contributed by atoms with van der Waals surface area (Å²) in [5.41, 5.74) is 4.81. The minimum absolute atomic E-state index is 0.0310. The highest BCUT2D eigenvalue weighted by molar-refractivity contribution is 8.07. The fourth-order valence-electron chi connectivity index (χ4n) is 3.42. The summed E-state index contributed by atoms with van der Waals surface area (Å²) in [7, 11) is 1.29. The SMILES string of the molecule is CC[C@@]12CO[C@H](C(n3cnc4c(=O)[nH]c(N)nc43)O1)C2OP(O)(=S)OC. The molecule has 5 atom stereocenters. The third-order valence-electron chi connectivity index (χ3n) is 4.77. The number of nitrogen functional groups attached to an aromatic ring is 1. The lowest BCUT2D eigenvalue weighted by molar-refractivity contribution is -0.172. The second-order valence-corrected chi connectivity index (χ2v) is 9.05.